The molecule has 0 atom stereocenters. The van der Waals surface area contributed by atoms with E-state index in [1.807, 2.05) is 0 Å². The van der Waals surface area contributed by atoms with E-state index < -0.39 is 0 Å². The maximum Gasteiger partial charge on any atom is 0.251 e. The maximum atomic E-state index is 12.1. The number of hydrogen-bond acceptors (Lipinski definition) is 3. The third kappa shape index (κ3) is 2.53. The lowest BCUT2D eigenvalue weighted by Crippen LogP contribution is -2.38. The second-order valence-corrected chi connectivity index (χ2v) is 4.71. The van der Waals surface area contributed by atoms with Gasteiger partial charge in [0.05, 0.1) is 19.8 Å². The summed E-state index contributed by atoms with van der Waals surface area (Å²) in [5.41, 5.74) is 0.343. The summed E-state index contributed by atoms with van der Waals surface area (Å²) in [4.78, 5) is 12.1. The van der Waals surface area contributed by atoms with Gasteiger partial charge in [0.1, 0.15) is 0 Å². The van der Waals surface area contributed by atoms with Gasteiger partial charge in [0.15, 0.2) is 11.5 Å². The van der Waals surface area contributed by atoms with Gasteiger partial charge in [0, 0.05) is 11.4 Å². The first-order valence-corrected chi connectivity index (χ1v) is 6.28. The first-order valence-electron chi connectivity index (χ1n) is 5.74. The van der Waals surface area contributed by atoms with Gasteiger partial charge < -0.3 is 14.8 Å². The van der Waals surface area contributed by atoms with Gasteiger partial charge in [-0.1, -0.05) is 0 Å². The molecule has 1 N–H and O–H groups in total. The molecule has 0 radical (unpaired) electrons. The summed E-state index contributed by atoms with van der Waals surface area (Å²) >= 11 is 5.83. The number of hydrogen-bond donors (Lipinski definition) is 1. The number of methoxy groups -OCH3 is 2. The SMILES string of the molecule is COc1ccc(C(=O)NC2(CCl)CC2)cc1OC. The summed E-state index contributed by atoms with van der Waals surface area (Å²) in [5.74, 6) is 1.47. The zero-order valence-corrected chi connectivity index (χ0v) is 11.2. The lowest BCUT2D eigenvalue weighted by molar-refractivity contribution is 0.0935. The van der Waals surface area contributed by atoms with Gasteiger partial charge in [0.25, 0.3) is 5.91 Å². The van der Waals surface area contributed by atoms with Crippen molar-refractivity contribution in [3.05, 3.63) is 23.8 Å². The van der Waals surface area contributed by atoms with Gasteiger partial charge in [-0.25, -0.2) is 0 Å². The van der Waals surface area contributed by atoms with Crippen molar-refractivity contribution in [3.63, 3.8) is 0 Å². The van der Waals surface area contributed by atoms with E-state index in [1.54, 1.807) is 32.4 Å². The normalized spacial score (nSPS) is 15.9. The molecule has 1 aromatic carbocycles. The van der Waals surface area contributed by atoms with Crippen LogP contribution in [-0.2, 0) is 0 Å². The summed E-state index contributed by atoms with van der Waals surface area (Å²) < 4.78 is 10.3. The fraction of sp³-hybridized carbons (Fsp3) is 0.462. The quantitative estimate of drug-likeness (QED) is 0.834. The van der Waals surface area contributed by atoms with Gasteiger partial charge in [-0.15, -0.1) is 11.6 Å². The van der Waals surface area contributed by atoms with Crippen molar-refractivity contribution in [1.82, 2.24) is 5.32 Å². The van der Waals surface area contributed by atoms with E-state index in [1.165, 1.54) is 0 Å². The average Bonchev–Trinajstić information content (AvgIpc) is 3.18. The first-order chi connectivity index (χ1) is 8.64. The van der Waals surface area contributed by atoms with Gasteiger partial charge in [0.2, 0.25) is 0 Å². The fourth-order valence-electron chi connectivity index (χ4n) is 1.73. The van der Waals surface area contributed by atoms with Crippen LogP contribution >= 0.6 is 11.6 Å². The molecule has 4 nitrogen and oxygen atoms in total. The summed E-state index contributed by atoms with van der Waals surface area (Å²) in [6, 6.07) is 5.09. The van der Waals surface area contributed by atoms with Crippen molar-refractivity contribution in [1.29, 1.82) is 0 Å². The maximum absolute atomic E-state index is 12.1. The Labute approximate surface area is 111 Å². The molecule has 18 heavy (non-hydrogen) atoms. The average molecular weight is 270 g/mol. The van der Waals surface area contributed by atoms with Gasteiger partial charge in [-0.05, 0) is 31.0 Å². The molecule has 98 valence electrons. The highest BCUT2D eigenvalue weighted by Gasteiger charge is 2.43. The number of benzene rings is 1. The van der Waals surface area contributed by atoms with Crippen LogP contribution in [0.15, 0.2) is 18.2 Å². The Balaban J connectivity index is 2.15. The van der Waals surface area contributed by atoms with E-state index >= 15 is 0 Å². The summed E-state index contributed by atoms with van der Waals surface area (Å²) in [6.07, 6.45) is 1.88. The van der Waals surface area contributed by atoms with Gasteiger partial charge >= 0.3 is 0 Å². The molecule has 0 aromatic heterocycles. The van der Waals surface area contributed by atoms with Crippen molar-refractivity contribution < 1.29 is 14.3 Å². The molecule has 1 aliphatic carbocycles. The Bertz CT molecular complexity index is 458. The van der Waals surface area contributed by atoms with Crippen LogP contribution < -0.4 is 14.8 Å². The predicted octanol–water partition coefficient (Wildman–Crippen LogP) is 2.21. The van der Waals surface area contributed by atoms with Crippen molar-refractivity contribution in [2.45, 2.75) is 18.4 Å². The number of halogens is 1. The highest BCUT2D eigenvalue weighted by Crippen LogP contribution is 2.37. The molecule has 1 amide bonds. The molecule has 0 bridgehead atoms. The van der Waals surface area contributed by atoms with Crippen LogP contribution in [0.1, 0.15) is 23.2 Å². The molecular formula is C13H16ClNO3. The standard InChI is InChI=1S/C13H16ClNO3/c1-17-10-4-3-9(7-11(10)18-2)12(16)15-13(8-14)5-6-13/h3-4,7H,5-6,8H2,1-2H3,(H,15,16). The lowest BCUT2D eigenvalue weighted by Gasteiger charge is -2.15. The van der Waals surface area contributed by atoms with E-state index in [0.717, 1.165) is 12.8 Å². The van der Waals surface area contributed by atoms with Crippen LogP contribution in [0, 0.1) is 0 Å². The number of ether oxygens (including phenoxy) is 2. The molecule has 0 saturated heterocycles. The number of carbonyl (C=O) groups is 1. The second kappa shape index (κ2) is 5.06. The molecule has 1 fully saturated rings. The van der Waals surface area contributed by atoms with Gasteiger partial charge in [-0.3, -0.25) is 4.79 Å². The zero-order chi connectivity index (χ0) is 13.2. The predicted molar refractivity (Wildman–Crippen MR) is 69.7 cm³/mol. The van der Waals surface area contributed by atoms with E-state index in [9.17, 15) is 4.79 Å². The molecule has 1 aromatic rings. The highest BCUT2D eigenvalue weighted by molar-refractivity contribution is 6.19. The second-order valence-electron chi connectivity index (χ2n) is 4.44. The Hall–Kier alpha value is -1.42. The minimum atomic E-state index is -0.203. The Kier molecular flexibility index (Phi) is 3.66. The molecule has 1 saturated carbocycles. The summed E-state index contributed by atoms with van der Waals surface area (Å²) in [5, 5.41) is 2.95. The molecular weight excluding hydrogens is 254 g/mol. The molecule has 1 aliphatic rings. The highest BCUT2D eigenvalue weighted by atomic mass is 35.5. The van der Waals surface area contributed by atoms with Crippen molar-refractivity contribution in [2.24, 2.45) is 0 Å². The van der Waals surface area contributed by atoms with Crippen LogP contribution in [0.3, 0.4) is 0 Å². The first kappa shape index (κ1) is 13.0. The third-order valence-corrected chi connectivity index (χ3v) is 3.65. The number of nitrogens with one attached hydrogen (secondary N) is 1. The van der Waals surface area contributed by atoms with Crippen molar-refractivity contribution in [3.8, 4) is 11.5 Å². The number of carbonyl (C=O) groups excluding carboxylic acids is 1. The zero-order valence-electron chi connectivity index (χ0n) is 10.5. The molecule has 0 spiro atoms. The minimum Gasteiger partial charge on any atom is -0.493 e. The molecule has 2 rings (SSSR count). The van der Waals surface area contributed by atoms with Gasteiger partial charge in [-0.2, -0.15) is 0 Å². The topological polar surface area (TPSA) is 47.6 Å². The molecule has 0 unspecified atom stereocenters. The van der Waals surface area contributed by atoms with Crippen LogP contribution in [0.25, 0.3) is 0 Å². The monoisotopic (exact) mass is 269 g/mol. The number of alkyl halides is 1. The smallest absolute Gasteiger partial charge is 0.251 e. The van der Waals surface area contributed by atoms with Crippen LogP contribution in [-0.4, -0.2) is 31.5 Å². The largest absolute Gasteiger partial charge is 0.493 e. The van der Waals surface area contributed by atoms with Crippen molar-refractivity contribution >= 4 is 17.5 Å². The summed E-state index contributed by atoms with van der Waals surface area (Å²) in [6.45, 7) is 0. The Morgan fingerprint density at radius 1 is 1.33 bits per heavy atom. The van der Waals surface area contributed by atoms with E-state index in [-0.39, 0.29) is 11.4 Å². The Morgan fingerprint density at radius 2 is 2.00 bits per heavy atom. The fourth-order valence-corrected chi connectivity index (χ4v) is 2.07. The van der Waals surface area contributed by atoms with Crippen LogP contribution in [0.2, 0.25) is 0 Å². The van der Waals surface area contributed by atoms with E-state index in [0.29, 0.717) is 22.9 Å². The third-order valence-electron chi connectivity index (χ3n) is 3.13. The van der Waals surface area contributed by atoms with E-state index in [2.05, 4.69) is 5.32 Å². The van der Waals surface area contributed by atoms with E-state index in [4.69, 9.17) is 21.1 Å². The van der Waals surface area contributed by atoms with Crippen LogP contribution in [0.4, 0.5) is 0 Å². The minimum absolute atomic E-state index is 0.130. The molecule has 5 heteroatoms. The molecule has 0 heterocycles. The lowest BCUT2D eigenvalue weighted by atomic mass is 10.1. The summed E-state index contributed by atoms with van der Waals surface area (Å²) in [7, 11) is 3.10. The number of amides is 1. The van der Waals surface area contributed by atoms with Crippen LogP contribution in [0.5, 0.6) is 11.5 Å². The van der Waals surface area contributed by atoms with Crippen molar-refractivity contribution in [2.75, 3.05) is 20.1 Å². The Morgan fingerprint density at radius 3 is 2.50 bits per heavy atom. The number of rotatable bonds is 5. The molecule has 0 aliphatic heterocycles.